The van der Waals surface area contributed by atoms with E-state index in [1.54, 1.807) is 0 Å². The maximum Gasteiger partial charge on any atom is 0.472 e. The van der Waals surface area contributed by atoms with Crippen LogP contribution in [-0.4, -0.2) is 182 Å². The lowest BCUT2D eigenvalue weighted by Gasteiger charge is -2.25. The third kappa shape index (κ3) is 16.0. The molecular formula is C52H67N11O31P4. The number of nitrogen functional groups attached to an aromatic ring is 2. The average Bonchev–Trinajstić information content (AvgIpc) is 1.47. The topological polar surface area (TPSA) is 587 Å². The number of H-pyrrole nitrogens is 1. The molecule has 11 rings (SSSR count). The van der Waals surface area contributed by atoms with Crippen molar-refractivity contribution in [3.8, 4) is 17.2 Å². The van der Waals surface area contributed by atoms with Crippen LogP contribution in [0.1, 0.15) is 80.3 Å². The SMILES string of the molecule is Cc1c(O)c(=O)ccn1[C@H]1C[C@H](OP(=O)(O)OC[C@H]2O[C@@H](n3ccc(=O)c(O)c3C)C[C@@H]2OP(=O)(O)OC[C@H]2O[C@@H](n3ccc(N)nc3=O)C[C@@H]2O)[C@@H](COP(=O)(O)O[C@H]2C[C@H](n3ccc(=O)c(O)c3C)O[C@@H]2COP(=O)(O)O[C@H]2C[C@H](n3cnc4c(=O)[nH]c(N)nc43)O[C@@H]2CO)O1. The Morgan fingerprint density at radius 3 is 1.26 bits per heavy atom. The number of hydrogen-bond donors (Lipinski definition) is 12. The zero-order chi connectivity index (χ0) is 70.7. The number of imidazole rings is 1. The Bertz CT molecular complexity index is 4490. The Balaban J connectivity index is 0.778. The van der Waals surface area contributed by atoms with E-state index in [1.807, 2.05) is 0 Å². The highest BCUT2D eigenvalue weighted by atomic mass is 31.2. The van der Waals surface area contributed by atoms with Gasteiger partial charge >= 0.3 is 37.0 Å². The first-order valence-electron chi connectivity index (χ1n) is 29.6. The highest BCUT2D eigenvalue weighted by Gasteiger charge is 2.50. The van der Waals surface area contributed by atoms with Gasteiger partial charge < -0.3 is 94.0 Å². The first kappa shape index (κ1) is 72.5. The maximum atomic E-state index is 14.2. The van der Waals surface area contributed by atoms with Crippen molar-refractivity contribution < 1.29 is 123 Å². The highest BCUT2D eigenvalue weighted by molar-refractivity contribution is 7.48. The molecule has 0 aliphatic carbocycles. The normalized spacial score (nSPS) is 29.8. The minimum absolute atomic E-state index is 0.0195. The number of aromatic amines is 1. The van der Waals surface area contributed by atoms with Gasteiger partial charge in [0, 0.05) is 75.1 Å². The lowest BCUT2D eigenvalue weighted by Crippen LogP contribution is -2.32. The van der Waals surface area contributed by atoms with E-state index in [0.29, 0.717) is 0 Å². The summed E-state index contributed by atoms with van der Waals surface area (Å²) in [5.41, 5.74) is 7.18. The number of pyridine rings is 3. The van der Waals surface area contributed by atoms with Crippen LogP contribution in [-0.2, 0) is 78.1 Å². The van der Waals surface area contributed by atoms with E-state index in [1.165, 1.54) is 76.2 Å². The maximum absolute atomic E-state index is 14.2. The largest absolute Gasteiger partial charge is 0.503 e. The van der Waals surface area contributed by atoms with E-state index in [0.717, 1.165) is 22.8 Å². The molecule has 11 heterocycles. The van der Waals surface area contributed by atoms with Gasteiger partial charge in [0.15, 0.2) is 28.4 Å². The molecule has 0 spiro atoms. The number of aromatic nitrogens is 9. The Morgan fingerprint density at radius 2 is 0.857 bits per heavy atom. The molecule has 5 saturated heterocycles. The molecule has 0 bridgehead atoms. The number of phosphoric acid groups is 4. The minimum Gasteiger partial charge on any atom is -0.503 e. The van der Waals surface area contributed by atoms with Gasteiger partial charge in [-0.3, -0.25) is 69.5 Å². The van der Waals surface area contributed by atoms with Gasteiger partial charge in [-0.05, 0) is 26.8 Å². The molecule has 4 unspecified atom stereocenters. The van der Waals surface area contributed by atoms with Gasteiger partial charge in [-0.1, -0.05) is 0 Å². The summed E-state index contributed by atoms with van der Waals surface area (Å²) in [7, 11) is -21.5. The number of nitrogens with zero attached hydrogens (tertiary/aromatic N) is 8. The summed E-state index contributed by atoms with van der Waals surface area (Å²) in [5.74, 6) is -2.44. The number of nitrogens with one attached hydrogen (secondary N) is 1. The summed E-state index contributed by atoms with van der Waals surface area (Å²) in [6.45, 7) is -0.541. The molecule has 14 N–H and O–H groups in total. The summed E-state index contributed by atoms with van der Waals surface area (Å²) in [4.78, 5) is 121. The summed E-state index contributed by atoms with van der Waals surface area (Å²) in [6, 6.07) is 4.25. The van der Waals surface area contributed by atoms with Crippen LogP contribution in [0, 0.1) is 20.8 Å². The molecule has 0 amide bonds. The standard InChI is InChI=1S/C52H67N11O31P4/c1-23-46(69)26(65)4-8-59(23)41-14-31(92-95(74,75)82-18-35-29(68)12-40(87-35)62-11-7-39(53)56-52(62)73)37(89-41)20-84-97(78,79)94-33-16-43(61-10-6-28(67)48(71)25(61)3)90-38(33)21-85-98(80,81)93-32-15-42(60-9-5-27(66)47(70)24(60)2)88-36(32)19-83-96(76,77)91-30-13-44(86-34(30)17-64)63-22-55-45-49(63)57-51(54)58-50(45)72/h4-11,22,29-38,40-44,64,68-71H,12-21H2,1-3H3,(H,74,75)(H,76,77)(H,78,79)(H,80,81)(H2,53,56,73)(H3,54,57,58,72)/t29-,30-,31-,32-,33-,34+,35+,36+,37+,38+,40+,41+,42+,43+,44+/m0/s1. The van der Waals surface area contributed by atoms with Crippen LogP contribution in [0.15, 0.2) is 79.4 Å². The summed E-state index contributed by atoms with van der Waals surface area (Å²) in [5, 5.41) is 52.6. The first-order valence-corrected chi connectivity index (χ1v) is 35.6. The quantitative estimate of drug-likeness (QED) is 0.0317. The molecule has 6 aromatic heterocycles. The monoisotopic (exact) mass is 1470 g/mol. The van der Waals surface area contributed by atoms with Crippen LogP contribution in [0.3, 0.4) is 0 Å². The van der Waals surface area contributed by atoms with E-state index in [-0.39, 0.29) is 52.9 Å². The molecule has 42 nitrogen and oxygen atoms in total. The third-order valence-electron chi connectivity index (χ3n) is 16.7. The van der Waals surface area contributed by atoms with Crippen molar-refractivity contribution in [1.29, 1.82) is 0 Å². The predicted octanol–water partition coefficient (Wildman–Crippen LogP) is -0.0318. The van der Waals surface area contributed by atoms with E-state index in [9.17, 15) is 87.3 Å². The van der Waals surface area contributed by atoms with Crippen LogP contribution in [0.5, 0.6) is 17.2 Å². The number of ether oxygens (including phenoxy) is 5. The fourth-order valence-corrected chi connectivity index (χ4v) is 15.5. The average molecular weight is 1470 g/mol. The number of hydrogen-bond acceptors (Lipinski definition) is 32. The van der Waals surface area contributed by atoms with Crippen molar-refractivity contribution in [3.05, 3.63) is 124 Å². The third-order valence-corrected chi connectivity index (χ3v) is 20.7. The van der Waals surface area contributed by atoms with Crippen molar-refractivity contribution in [2.45, 2.75) is 145 Å². The molecule has 0 saturated carbocycles. The Morgan fingerprint density at radius 1 is 0.510 bits per heavy atom. The van der Waals surface area contributed by atoms with Gasteiger partial charge in [-0.25, -0.2) is 28.0 Å². The van der Waals surface area contributed by atoms with Crippen LogP contribution >= 0.6 is 31.3 Å². The Kier molecular flexibility index (Phi) is 21.2. The van der Waals surface area contributed by atoms with Crippen molar-refractivity contribution in [2.75, 3.05) is 44.5 Å². The van der Waals surface area contributed by atoms with Gasteiger partial charge in [-0.15, -0.1) is 0 Å². The number of anilines is 2. The van der Waals surface area contributed by atoms with Crippen molar-refractivity contribution >= 4 is 54.2 Å². The van der Waals surface area contributed by atoms with Crippen LogP contribution in [0.2, 0.25) is 0 Å². The van der Waals surface area contributed by atoms with Crippen molar-refractivity contribution in [1.82, 2.24) is 42.8 Å². The highest BCUT2D eigenvalue weighted by Crippen LogP contribution is 2.55. The molecular weight excluding hydrogens is 1400 g/mol. The van der Waals surface area contributed by atoms with Crippen molar-refractivity contribution in [2.24, 2.45) is 0 Å². The van der Waals surface area contributed by atoms with Gasteiger partial charge in [0.2, 0.25) is 22.2 Å². The number of aliphatic hydroxyl groups excluding tert-OH is 2. The van der Waals surface area contributed by atoms with E-state index in [4.69, 9.17) is 71.3 Å². The summed E-state index contributed by atoms with van der Waals surface area (Å²) in [6.07, 6.45) is -16.7. The number of aromatic hydroxyl groups is 3. The molecule has 5 aliphatic rings. The lowest BCUT2D eigenvalue weighted by atomic mass is 10.2. The number of phosphoric ester groups is 4. The number of nitrogens with two attached hydrogens (primary N) is 2. The van der Waals surface area contributed by atoms with Gasteiger partial charge in [0.1, 0.15) is 91.9 Å². The smallest absolute Gasteiger partial charge is 0.472 e. The summed E-state index contributed by atoms with van der Waals surface area (Å²) >= 11 is 0. The van der Waals surface area contributed by atoms with E-state index >= 15 is 0 Å². The lowest BCUT2D eigenvalue weighted by molar-refractivity contribution is -0.0646. The predicted molar refractivity (Wildman–Crippen MR) is 325 cm³/mol. The number of aliphatic hydroxyl groups is 2. The number of fused-ring (bicyclic) bond motifs is 1. The minimum atomic E-state index is -5.49. The number of rotatable bonds is 26. The second kappa shape index (κ2) is 28.7. The summed E-state index contributed by atoms with van der Waals surface area (Å²) < 4.78 is 135. The van der Waals surface area contributed by atoms with Gasteiger partial charge in [0.25, 0.3) is 5.56 Å². The van der Waals surface area contributed by atoms with E-state index < -0.39 is 221 Å². The molecule has 46 heteroatoms. The second-order valence-electron chi connectivity index (χ2n) is 23.1. The van der Waals surface area contributed by atoms with Crippen LogP contribution < -0.4 is 39.0 Å². The zero-order valence-electron chi connectivity index (χ0n) is 51.5. The molecule has 6 aromatic rings. The van der Waals surface area contributed by atoms with Crippen LogP contribution in [0.25, 0.3) is 11.2 Å². The van der Waals surface area contributed by atoms with E-state index in [2.05, 4.69) is 19.9 Å². The zero-order valence-corrected chi connectivity index (χ0v) is 55.0. The fraction of sp³-hybridized carbons (Fsp3) is 0.538. The molecule has 536 valence electrons. The van der Waals surface area contributed by atoms with Crippen LogP contribution in [0.4, 0.5) is 11.8 Å². The first-order chi connectivity index (χ1) is 46.2. The van der Waals surface area contributed by atoms with Crippen molar-refractivity contribution in [3.63, 3.8) is 0 Å². The Hall–Kier alpha value is -6.76. The molecule has 5 aliphatic heterocycles. The second-order valence-corrected chi connectivity index (χ2v) is 28.7. The fourth-order valence-electron chi connectivity index (χ4n) is 11.7. The molecule has 5 fully saturated rings. The molecule has 19 atom stereocenters. The van der Waals surface area contributed by atoms with Gasteiger partial charge in [0.05, 0.1) is 62.5 Å². The molecule has 0 radical (unpaired) electrons. The molecule has 98 heavy (non-hydrogen) atoms. The van der Waals surface area contributed by atoms with Gasteiger partial charge in [-0.2, -0.15) is 9.97 Å². The molecule has 0 aromatic carbocycles. The Labute approximate surface area is 549 Å².